The maximum Gasteiger partial charge on any atom is 0.124 e. The van der Waals surface area contributed by atoms with E-state index in [1.807, 2.05) is 0 Å². The lowest BCUT2D eigenvalue weighted by Gasteiger charge is -2.34. The summed E-state index contributed by atoms with van der Waals surface area (Å²) in [6.07, 6.45) is 0. The largest absolute Gasteiger partial charge is 0.394 e. The Morgan fingerprint density at radius 1 is 1.39 bits per heavy atom. The highest BCUT2D eigenvalue weighted by atomic mass is 79.9. The van der Waals surface area contributed by atoms with E-state index < -0.39 is 0 Å². The molecule has 0 spiro atoms. The second kappa shape index (κ2) is 7.40. The molecule has 0 aliphatic carbocycles. The average molecular weight is 340 g/mol. The molecule has 18 heavy (non-hydrogen) atoms. The predicted octanol–water partition coefficient (Wildman–Crippen LogP) is 1.95. The summed E-state index contributed by atoms with van der Waals surface area (Å²) in [5.41, 5.74) is 0.941. The first-order valence-corrected chi connectivity index (χ1v) is 6.52. The third-order valence-electron chi connectivity index (χ3n) is 3.09. The Morgan fingerprint density at radius 2 is 2.06 bits per heavy atom. The molecule has 1 aromatic rings. The fourth-order valence-corrected chi connectivity index (χ4v) is 2.79. The van der Waals surface area contributed by atoms with E-state index in [0.29, 0.717) is 0 Å². The van der Waals surface area contributed by atoms with Crippen molar-refractivity contribution in [1.82, 2.24) is 10.2 Å². The quantitative estimate of drug-likeness (QED) is 0.883. The normalized spacial score (nSPS) is 18.2. The zero-order chi connectivity index (χ0) is 12.3. The van der Waals surface area contributed by atoms with E-state index in [9.17, 15) is 9.50 Å². The number of aliphatic hydroxyl groups is 1. The van der Waals surface area contributed by atoms with Gasteiger partial charge in [0.15, 0.2) is 0 Å². The molecule has 2 rings (SSSR count). The van der Waals surface area contributed by atoms with E-state index in [0.717, 1.165) is 36.2 Å². The van der Waals surface area contributed by atoms with Gasteiger partial charge in [-0.2, -0.15) is 0 Å². The molecule has 1 heterocycles. The van der Waals surface area contributed by atoms with Crippen LogP contribution in [0.15, 0.2) is 22.7 Å². The molecule has 2 N–H and O–H groups in total. The molecule has 1 aliphatic heterocycles. The number of hydrogen-bond donors (Lipinski definition) is 2. The minimum atomic E-state index is -0.266. The number of nitrogens with one attached hydrogen (secondary N) is 1. The van der Waals surface area contributed by atoms with Crippen LogP contribution in [0.5, 0.6) is 0 Å². The molecule has 102 valence electrons. The maximum absolute atomic E-state index is 13.0. The van der Waals surface area contributed by atoms with Crippen LogP contribution in [-0.4, -0.2) is 42.8 Å². The number of rotatable bonds is 3. The summed E-state index contributed by atoms with van der Waals surface area (Å²) < 4.78 is 13.8. The van der Waals surface area contributed by atoms with Gasteiger partial charge in [0.25, 0.3) is 0 Å². The van der Waals surface area contributed by atoms with Gasteiger partial charge in [-0.05, 0) is 17.7 Å². The summed E-state index contributed by atoms with van der Waals surface area (Å²) in [5.74, 6) is -0.266. The zero-order valence-electron chi connectivity index (χ0n) is 9.90. The van der Waals surface area contributed by atoms with Crippen LogP contribution in [0.2, 0.25) is 0 Å². The van der Waals surface area contributed by atoms with Crippen molar-refractivity contribution >= 4 is 28.3 Å². The van der Waals surface area contributed by atoms with Gasteiger partial charge in [0.2, 0.25) is 0 Å². The Morgan fingerprint density at radius 3 is 2.61 bits per heavy atom. The van der Waals surface area contributed by atoms with E-state index in [1.54, 1.807) is 6.07 Å². The fraction of sp³-hybridized carbons (Fsp3) is 0.500. The molecular formula is C12H17BrClFN2O. The van der Waals surface area contributed by atoms with Crippen molar-refractivity contribution < 1.29 is 9.50 Å². The Balaban J connectivity index is 0.00000162. The molecule has 0 bridgehead atoms. The Bertz CT molecular complexity index is 388. The van der Waals surface area contributed by atoms with Gasteiger partial charge in [-0.15, -0.1) is 12.4 Å². The molecule has 1 fully saturated rings. The van der Waals surface area contributed by atoms with Crippen molar-refractivity contribution in [3.63, 3.8) is 0 Å². The van der Waals surface area contributed by atoms with E-state index in [2.05, 4.69) is 26.1 Å². The number of nitrogens with zero attached hydrogens (tertiary/aromatic N) is 1. The monoisotopic (exact) mass is 338 g/mol. The molecule has 0 amide bonds. The van der Waals surface area contributed by atoms with Gasteiger partial charge in [0.1, 0.15) is 5.82 Å². The van der Waals surface area contributed by atoms with E-state index in [4.69, 9.17) is 0 Å². The lowest BCUT2D eigenvalue weighted by atomic mass is 10.1. The second-order valence-corrected chi connectivity index (χ2v) is 5.00. The van der Waals surface area contributed by atoms with Gasteiger partial charge in [0, 0.05) is 30.7 Å². The molecular weight excluding hydrogens is 323 g/mol. The van der Waals surface area contributed by atoms with Crippen LogP contribution < -0.4 is 5.32 Å². The van der Waals surface area contributed by atoms with Crippen LogP contribution in [0.3, 0.4) is 0 Å². The molecule has 1 saturated heterocycles. The van der Waals surface area contributed by atoms with Crippen molar-refractivity contribution in [2.75, 3.05) is 32.8 Å². The lowest BCUT2D eigenvalue weighted by Crippen LogP contribution is -2.46. The number of benzene rings is 1. The first kappa shape index (κ1) is 15.9. The highest BCUT2D eigenvalue weighted by Crippen LogP contribution is 2.28. The minimum absolute atomic E-state index is 0. The number of aliphatic hydroxyl groups excluding tert-OH is 1. The van der Waals surface area contributed by atoms with Crippen molar-refractivity contribution in [2.24, 2.45) is 0 Å². The molecule has 0 unspecified atom stereocenters. The molecule has 3 nitrogen and oxygen atoms in total. The second-order valence-electron chi connectivity index (χ2n) is 4.15. The van der Waals surface area contributed by atoms with E-state index in [-0.39, 0.29) is 30.9 Å². The highest BCUT2D eigenvalue weighted by molar-refractivity contribution is 9.10. The Labute approximate surface area is 121 Å². The fourth-order valence-electron chi connectivity index (χ4n) is 2.18. The summed E-state index contributed by atoms with van der Waals surface area (Å²) in [5, 5.41) is 12.8. The van der Waals surface area contributed by atoms with Gasteiger partial charge >= 0.3 is 0 Å². The van der Waals surface area contributed by atoms with Gasteiger partial charge in [-0.25, -0.2) is 4.39 Å². The van der Waals surface area contributed by atoms with Crippen molar-refractivity contribution in [2.45, 2.75) is 6.04 Å². The van der Waals surface area contributed by atoms with Crippen LogP contribution in [0.4, 0.5) is 4.39 Å². The van der Waals surface area contributed by atoms with Crippen molar-refractivity contribution in [3.05, 3.63) is 34.1 Å². The molecule has 0 saturated carbocycles. The van der Waals surface area contributed by atoms with E-state index >= 15 is 0 Å². The standard InChI is InChI=1S/C12H16BrFN2O.ClH/c13-11-7-9(14)1-2-10(11)12(8-17)16-5-3-15-4-6-16;/h1-2,7,12,15,17H,3-6,8H2;1H/t12-;/m0./s1. The lowest BCUT2D eigenvalue weighted by molar-refractivity contribution is 0.110. The SMILES string of the molecule is Cl.OC[C@@H](c1ccc(F)cc1Br)N1CCNCC1. The van der Waals surface area contributed by atoms with Crippen LogP contribution >= 0.6 is 28.3 Å². The number of piperazine rings is 1. The number of halogens is 3. The van der Waals surface area contributed by atoms with Crippen LogP contribution in [-0.2, 0) is 0 Å². The molecule has 0 aromatic heterocycles. The summed E-state index contributed by atoms with van der Waals surface area (Å²) in [7, 11) is 0. The summed E-state index contributed by atoms with van der Waals surface area (Å²) in [4.78, 5) is 2.22. The topological polar surface area (TPSA) is 35.5 Å². The molecule has 0 radical (unpaired) electrons. The van der Waals surface area contributed by atoms with E-state index in [1.165, 1.54) is 12.1 Å². The maximum atomic E-state index is 13.0. The highest BCUT2D eigenvalue weighted by Gasteiger charge is 2.23. The van der Waals surface area contributed by atoms with Gasteiger partial charge in [-0.3, -0.25) is 4.90 Å². The zero-order valence-corrected chi connectivity index (χ0v) is 12.3. The van der Waals surface area contributed by atoms with Crippen LogP contribution in [0.1, 0.15) is 11.6 Å². The average Bonchev–Trinajstić information content (AvgIpc) is 2.34. The third kappa shape index (κ3) is 3.65. The molecule has 1 atom stereocenters. The Kier molecular flexibility index (Phi) is 6.52. The third-order valence-corrected chi connectivity index (χ3v) is 3.77. The first-order chi connectivity index (χ1) is 8.22. The van der Waals surface area contributed by atoms with Crippen molar-refractivity contribution in [1.29, 1.82) is 0 Å². The summed E-state index contributed by atoms with van der Waals surface area (Å²) in [6, 6.07) is 4.56. The van der Waals surface area contributed by atoms with Gasteiger partial charge in [-0.1, -0.05) is 22.0 Å². The summed E-state index contributed by atoms with van der Waals surface area (Å²) in [6.45, 7) is 3.69. The molecule has 1 aliphatic rings. The Hall–Kier alpha value is -0.200. The molecule has 6 heteroatoms. The van der Waals surface area contributed by atoms with Gasteiger partial charge < -0.3 is 10.4 Å². The summed E-state index contributed by atoms with van der Waals surface area (Å²) >= 11 is 3.36. The number of hydrogen-bond acceptors (Lipinski definition) is 3. The van der Waals surface area contributed by atoms with Crippen molar-refractivity contribution in [3.8, 4) is 0 Å². The predicted molar refractivity (Wildman–Crippen MR) is 75.6 cm³/mol. The van der Waals surface area contributed by atoms with Crippen LogP contribution in [0, 0.1) is 5.82 Å². The van der Waals surface area contributed by atoms with Crippen LogP contribution in [0.25, 0.3) is 0 Å². The van der Waals surface area contributed by atoms with Gasteiger partial charge in [0.05, 0.1) is 12.6 Å². The molecule has 1 aromatic carbocycles. The minimum Gasteiger partial charge on any atom is -0.394 e. The first-order valence-electron chi connectivity index (χ1n) is 5.73. The smallest absolute Gasteiger partial charge is 0.124 e.